The van der Waals surface area contributed by atoms with Crippen molar-refractivity contribution >= 4 is 5.91 Å². The Labute approximate surface area is 147 Å². The van der Waals surface area contributed by atoms with Gasteiger partial charge in [0.15, 0.2) is 0 Å². The number of ether oxygens (including phenoxy) is 1. The zero-order valence-corrected chi connectivity index (χ0v) is 14.4. The maximum Gasteiger partial charge on any atom is 0.225 e. The molecule has 0 radical (unpaired) electrons. The van der Waals surface area contributed by atoms with Crippen LogP contribution < -0.4 is 0 Å². The van der Waals surface area contributed by atoms with Crippen LogP contribution in [0.3, 0.4) is 0 Å². The van der Waals surface area contributed by atoms with E-state index in [4.69, 9.17) is 4.74 Å². The first-order valence-electron chi connectivity index (χ1n) is 8.95. The van der Waals surface area contributed by atoms with Crippen LogP contribution in [0.15, 0.2) is 36.5 Å². The minimum absolute atomic E-state index is 0.0179. The number of carbonyl (C=O) groups excluding carboxylic acids is 1. The highest BCUT2D eigenvalue weighted by atomic mass is 16.5. The predicted molar refractivity (Wildman–Crippen MR) is 93.8 cm³/mol. The smallest absolute Gasteiger partial charge is 0.225 e. The second-order valence-electron chi connectivity index (χ2n) is 6.86. The number of aromatic amines is 1. The molecule has 6 heteroatoms. The number of hydrogen-bond acceptors (Lipinski definition) is 4. The van der Waals surface area contributed by atoms with Gasteiger partial charge in [-0.15, -0.1) is 0 Å². The molecule has 0 saturated carbocycles. The summed E-state index contributed by atoms with van der Waals surface area (Å²) in [5.74, 6) is 0.179. The van der Waals surface area contributed by atoms with Crippen LogP contribution in [0.4, 0.5) is 0 Å². The zero-order valence-electron chi connectivity index (χ0n) is 14.4. The highest BCUT2D eigenvalue weighted by molar-refractivity contribution is 5.77. The van der Waals surface area contributed by atoms with Gasteiger partial charge in [0.2, 0.25) is 5.91 Å². The molecule has 1 fully saturated rings. The van der Waals surface area contributed by atoms with E-state index in [0.717, 1.165) is 43.9 Å². The molecule has 0 bridgehead atoms. The Hall–Kier alpha value is -2.18. The summed E-state index contributed by atoms with van der Waals surface area (Å²) in [4.78, 5) is 17.0. The van der Waals surface area contributed by atoms with E-state index < -0.39 is 0 Å². The molecule has 1 saturated heterocycles. The molecule has 6 nitrogen and oxygen atoms in total. The van der Waals surface area contributed by atoms with Gasteiger partial charge in [0.05, 0.1) is 25.3 Å². The first-order valence-corrected chi connectivity index (χ1v) is 8.95. The summed E-state index contributed by atoms with van der Waals surface area (Å²) >= 11 is 0. The second kappa shape index (κ2) is 7.37. The van der Waals surface area contributed by atoms with E-state index in [9.17, 15) is 4.79 Å². The van der Waals surface area contributed by atoms with Crippen molar-refractivity contribution in [1.82, 2.24) is 20.0 Å². The molecule has 1 N–H and O–H groups in total. The fourth-order valence-corrected chi connectivity index (χ4v) is 3.65. The quantitative estimate of drug-likeness (QED) is 0.918. The van der Waals surface area contributed by atoms with Crippen LogP contribution in [0.1, 0.15) is 23.2 Å². The summed E-state index contributed by atoms with van der Waals surface area (Å²) in [5, 5.41) is 7.08. The average molecular weight is 340 g/mol. The number of fused-ring (bicyclic) bond motifs is 1. The van der Waals surface area contributed by atoms with Crippen molar-refractivity contribution in [2.45, 2.75) is 32.0 Å². The molecule has 2 aromatic rings. The maximum absolute atomic E-state index is 12.7. The van der Waals surface area contributed by atoms with Crippen LogP contribution in [0, 0.1) is 0 Å². The van der Waals surface area contributed by atoms with E-state index in [1.54, 1.807) is 0 Å². The van der Waals surface area contributed by atoms with Crippen LogP contribution >= 0.6 is 0 Å². The van der Waals surface area contributed by atoms with Gasteiger partial charge in [0.1, 0.15) is 0 Å². The Kier molecular flexibility index (Phi) is 4.81. The number of nitrogens with zero attached hydrogens (tertiary/aromatic N) is 3. The predicted octanol–water partition coefficient (Wildman–Crippen LogP) is 1.59. The first kappa shape index (κ1) is 16.3. The van der Waals surface area contributed by atoms with Gasteiger partial charge >= 0.3 is 0 Å². The Bertz CT molecular complexity index is 715. The minimum Gasteiger partial charge on any atom is -0.375 e. The van der Waals surface area contributed by atoms with E-state index in [1.807, 2.05) is 17.2 Å². The van der Waals surface area contributed by atoms with Gasteiger partial charge in [-0.3, -0.25) is 14.8 Å². The van der Waals surface area contributed by atoms with E-state index in [1.165, 1.54) is 5.56 Å². The normalized spacial score (nSPS) is 21.1. The van der Waals surface area contributed by atoms with Gasteiger partial charge in [0, 0.05) is 50.4 Å². The van der Waals surface area contributed by atoms with Crippen molar-refractivity contribution in [3.63, 3.8) is 0 Å². The van der Waals surface area contributed by atoms with Crippen molar-refractivity contribution in [3.8, 4) is 0 Å². The summed E-state index contributed by atoms with van der Waals surface area (Å²) < 4.78 is 5.85. The van der Waals surface area contributed by atoms with Crippen LogP contribution in [0.5, 0.6) is 0 Å². The molecular formula is C19H24N4O2. The fourth-order valence-electron chi connectivity index (χ4n) is 3.65. The molecule has 1 amide bonds. The number of nitrogens with one attached hydrogen (secondary N) is 1. The summed E-state index contributed by atoms with van der Waals surface area (Å²) in [7, 11) is 0. The topological polar surface area (TPSA) is 61.5 Å². The van der Waals surface area contributed by atoms with Crippen LogP contribution in [-0.2, 0) is 29.0 Å². The Morgan fingerprint density at radius 2 is 2.16 bits per heavy atom. The van der Waals surface area contributed by atoms with Gasteiger partial charge in [-0.1, -0.05) is 30.3 Å². The molecule has 3 heterocycles. The molecule has 0 unspecified atom stereocenters. The van der Waals surface area contributed by atoms with Gasteiger partial charge in [-0.25, -0.2) is 0 Å². The lowest BCUT2D eigenvalue weighted by atomic mass is 10.1. The summed E-state index contributed by atoms with van der Waals surface area (Å²) in [5.41, 5.74) is 3.60. The lowest BCUT2D eigenvalue weighted by Gasteiger charge is -2.34. The number of hydrogen-bond donors (Lipinski definition) is 1. The van der Waals surface area contributed by atoms with Crippen LogP contribution in [-0.4, -0.2) is 58.2 Å². The Balaban J connectivity index is 1.31. The second-order valence-corrected chi connectivity index (χ2v) is 6.86. The van der Waals surface area contributed by atoms with E-state index in [2.05, 4.69) is 39.4 Å². The SMILES string of the molecule is O=C(C[C@@H]1CN(Cc2ccccc2)CCO1)N1CCc2[nH]ncc2C1. The number of benzene rings is 1. The third-order valence-electron chi connectivity index (χ3n) is 5.03. The highest BCUT2D eigenvalue weighted by Gasteiger charge is 2.27. The molecule has 1 aromatic heterocycles. The van der Waals surface area contributed by atoms with Crippen molar-refractivity contribution in [2.75, 3.05) is 26.2 Å². The number of carbonyl (C=O) groups is 1. The maximum atomic E-state index is 12.7. The van der Waals surface area contributed by atoms with Crippen LogP contribution in [0.25, 0.3) is 0 Å². The molecule has 4 rings (SSSR count). The standard InChI is InChI=1S/C19H24N4O2/c24-19(23-7-6-18-16(13-23)11-20-21-18)10-17-14-22(8-9-25-17)12-15-4-2-1-3-5-15/h1-5,11,17H,6-10,12-14H2,(H,20,21)/t17-/m1/s1. The summed E-state index contributed by atoms with van der Waals surface area (Å²) in [6.07, 6.45) is 3.12. The van der Waals surface area contributed by atoms with Gasteiger partial charge < -0.3 is 9.64 Å². The molecule has 0 spiro atoms. The van der Waals surface area contributed by atoms with Crippen molar-refractivity contribution in [3.05, 3.63) is 53.3 Å². The molecule has 132 valence electrons. The van der Waals surface area contributed by atoms with Gasteiger partial charge in [-0.05, 0) is 5.56 Å². The number of aromatic nitrogens is 2. The molecule has 1 atom stereocenters. The van der Waals surface area contributed by atoms with Crippen molar-refractivity contribution in [1.29, 1.82) is 0 Å². The van der Waals surface area contributed by atoms with E-state index in [-0.39, 0.29) is 12.0 Å². The number of H-pyrrole nitrogens is 1. The van der Waals surface area contributed by atoms with Crippen LogP contribution in [0.2, 0.25) is 0 Å². The fraction of sp³-hybridized carbons (Fsp3) is 0.474. The molecule has 1 aromatic carbocycles. The van der Waals surface area contributed by atoms with E-state index >= 15 is 0 Å². The molecule has 25 heavy (non-hydrogen) atoms. The first-order chi connectivity index (χ1) is 12.3. The average Bonchev–Trinajstić information content (AvgIpc) is 3.10. The molecule has 0 aliphatic carbocycles. The monoisotopic (exact) mass is 340 g/mol. The third kappa shape index (κ3) is 3.91. The lowest BCUT2D eigenvalue weighted by Crippen LogP contribution is -2.45. The number of amides is 1. The summed E-state index contributed by atoms with van der Waals surface area (Å²) in [6.45, 7) is 4.75. The third-order valence-corrected chi connectivity index (χ3v) is 5.03. The Morgan fingerprint density at radius 3 is 3.04 bits per heavy atom. The van der Waals surface area contributed by atoms with Crippen molar-refractivity contribution in [2.24, 2.45) is 0 Å². The lowest BCUT2D eigenvalue weighted by molar-refractivity contribution is -0.137. The molecule has 2 aliphatic rings. The number of rotatable bonds is 4. The Morgan fingerprint density at radius 1 is 1.28 bits per heavy atom. The van der Waals surface area contributed by atoms with E-state index in [0.29, 0.717) is 19.6 Å². The van der Waals surface area contributed by atoms with Crippen molar-refractivity contribution < 1.29 is 9.53 Å². The zero-order chi connectivity index (χ0) is 17.1. The minimum atomic E-state index is -0.0179. The molecular weight excluding hydrogens is 316 g/mol. The van der Waals surface area contributed by atoms with Gasteiger partial charge in [0.25, 0.3) is 0 Å². The largest absolute Gasteiger partial charge is 0.375 e. The summed E-state index contributed by atoms with van der Waals surface area (Å²) in [6, 6.07) is 10.5. The molecule has 2 aliphatic heterocycles. The number of morpholine rings is 1. The highest BCUT2D eigenvalue weighted by Crippen LogP contribution is 2.19. The van der Waals surface area contributed by atoms with Gasteiger partial charge in [-0.2, -0.15) is 5.10 Å².